The topological polar surface area (TPSA) is 41.6 Å². The van der Waals surface area contributed by atoms with E-state index in [9.17, 15) is 4.79 Å². The normalized spacial score (nSPS) is 21.2. The van der Waals surface area contributed by atoms with Crippen molar-refractivity contribution in [1.82, 2.24) is 10.2 Å². The molecule has 2 atom stereocenters. The van der Waals surface area contributed by atoms with Crippen molar-refractivity contribution in [3.63, 3.8) is 0 Å². The molecule has 0 radical (unpaired) electrons. The number of amides is 1. The van der Waals surface area contributed by atoms with Crippen LogP contribution in [0.4, 0.5) is 0 Å². The van der Waals surface area contributed by atoms with E-state index in [0.717, 1.165) is 25.1 Å². The summed E-state index contributed by atoms with van der Waals surface area (Å²) in [6.07, 6.45) is 1.87. The monoisotopic (exact) mass is 312 g/mol. The van der Waals surface area contributed by atoms with Crippen molar-refractivity contribution in [3.8, 4) is 5.75 Å². The van der Waals surface area contributed by atoms with E-state index in [4.69, 9.17) is 4.74 Å². The van der Waals surface area contributed by atoms with Crippen molar-refractivity contribution < 1.29 is 9.53 Å². The number of rotatable bonds is 5. The zero-order valence-corrected chi connectivity index (χ0v) is 13.6. The number of carbonyl (C=O) groups excluding carboxylic acids is 1. The van der Waals surface area contributed by atoms with Gasteiger partial charge in [0.05, 0.1) is 6.54 Å². The molecule has 21 heavy (non-hydrogen) atoms. The number of para-hydroxylation sites is 1. The van der Waals surface area contributed by atoms with Crippen molar-refractivity contribution >= 4 is 18.3 Å². The van der Waals surface area contributed by atoms with Gasteiger partial charge >= 0.3 is 0 Å². The molecule has 1 heterocycles. The van der Waals surface area contributed by atoms with Crippen molar-refractivity contribution in [1.29, 1.82) is 0 Å². The first-order valence-electron chi connectivity index (χ1n) is 7.33. The minimum absolute atomic E-state index is 0. The smallest absolute Gasteiger partial charge is 0.225 e. The highest BCUT2D eigenvalue weighted by Crippen LogP contribution is 2.18. The zero-order chi connectivity index (χ0) is 14.4. The first-order chi connectivity index (χ1) is 9.66. The van der Waals surface area contributed by atoms with E-state index in [1.165, 1.54) is 0 Å². The minimum atomic E-state index is 0. The summed E-state index contributed by atoms with van der Waals surface area (Å²) >= 11 is 0. The first-order valence-corrected chi connectivity index (χ1v) is 7.33. The lowest BCUT2D eigenvalue weighted by Crippen LogP contribution is -2.43. The lowest BCUT2D eigenvalue weighted by atomic mass is 9.92. The lowest BCUT2D eigenvalue weighted by molar-refractivity contribution is -0.135. The molecule has 0 bridgehead atoms. The fraction of sp³-hybridized carbons (Fsp3) is 0.562. The second-order valence-electron chi connectivity index (χ2n) is 5.50. The third-order valence-electron chi connectivity index (χ3n) is 3.79. The predicted octanol–water partition coefficient (Wildman–Crippen LogP) is 2.33. The van der Waals surface area contributed by atoms with Crippen molar-refractivity contribution in [2.75, 3.05) is 26.7 Å². The van der Waals surface area contributed by atoms with Gasteiger partial charge in [0.25, 0.3) is 0 Å². The molecule has 5 heteroatoms. The molecule has 1 aromatic rings. The number of nitrogens with one attached hydrogen (secondary N) is 1. The molecule has 0 spiro atoms. The highest BCUT2D eigenvalue weighted by atomic mass is 35.5. The Kier molecular flexibility index (Phi) is 7.54. The third kappa shape index (κ3) is 5.56. The van der Waals surface area contributed by atoms with Gasteiger partial charge in [-0.3, -0.25) is 4.79 Å². The van der Waals surface area contributed by atoms with Gasteiger partial charge in [-0.05, 0) is 38.4 Å². The number of likely N-dealkylation sites (N-methyl/N-ethyl adjacent to an activating group) is 1. The Labute approximate surface area is 133 Å². The SMILES string of the molecule is C[C@H]1C[C@@H](C(=O)N(C)CCOc2ccccc2)CCN1.Cl. The van der Waals surface area contributed by atoms with Crippen LogP contribution in [0.25, 0.3) is 0 Å². The molecular formula is C16H25ClN2O2. The number of piperidine rings is 1. The Bertz CT molecular complexity index is 428. The first kappa shape index (κ1) is 17.8. The standard InChI is InChI=1S/C16H24N2O2.ClH/c1-13-12-14(8-9-17-13)16(19)18(2)10-11-20-15-6-4-3-5-7-15;/h3-7,13-14,17H,8-12H2,1-2H3;1H/t13-,14-;/m0./s1. The summed E-state index contributed by atoms with van der Waals surface area (Å²) in [5, 5.41) is 3.37. The summed E-state index contributed by atoms with van der Waals surface area (Å²) in [7, 11) is 1.86. The molecule has 1 amide bonds. The largest absolute Gasteiger partial charge is 0.492 e. The highest BCUT2D eigenvalue weighted by molar-refractivity contribution is 5.85. The Morgan fingerprint density at radius 1 is 1.38 bits per heavy atom. The molecule has 1 aromatic carbocycles. The van der Waals surface area contributed by atoms with E-state index >= 15 is 0 Å². The predicted molar refractivity (Wildman–Crippen MR) is 87.0 cm³/mol. The summed E-state index contributed by atoms with van der Waals surface area (Å²) in [6, 6.07) is 10.1. The molecular weight excluding hydrogens is 288 g/mol. The van der Waals surface area contributed by atoms with Gasteiger partial charge in [-0.1, -0.05) is 18.2 Å². The van der Waals surface area contributed by atoms with Crippen LogP contribution >= 0.6 is 12.4 Å². The third-order valence-corrected chi connectivity index (χ3v) is 3.79. The molecule has 0 aromatic heterocycles. The molecule has 0 unspecified atom stereocenters. The van der Waals surface area contributed by atoms with Gasteiger partial charge in [0, 0.05) is 19.0 Å². The Hall–Kier alpha value is -1.26. The number of carbonyl (C=O) groups is 1. The lowest BCUT2D eigenvalue weighted by Gasteiger charge is -2.30. The van der Waals surface area contributed by atoms with Gasteiger partial charge in [0.1, 0.15) is 12.4 Å². The van der Waals surface area contributed by atoms with Crippen LogP contribution < -0.4 is 10.1 Å². The van der Waals surface area contributed by atoms with Crippen LogP contribution in [-0.2, 0) is 4.79 Å². The van der Waals surface area contributed by atoms with Crippen LogP contribution in [0.2, 0.25) is 0 Å². The molecule has 0 saturated carbocycles. The fourth-order valence-corrected chi connectivity index (χ4v) is 2.60. The molecule has 1 saturated heterocycles. The number of hydrogen-bond donors (Lipinski definition) is 1. The van der Waals surface area contributed by atoms with Gasteiger partial charge in [-0.2, -0.15) is 0 Å². The molecule has 1 aliphatic rings. The molecule has 1 aliphatic heterocycles. The maximum absolute atomic E-state index is 12.3. The van der Waals surface area contributed by atoms with E-state index in [2.05, 4.69) is 12.2 Å². The number of nitrogens with zero attached hydrogens (tertiary/aromatic N) is 1. The quantitative estimate of drug-likeness (QED) is 0.907. The van der Waals surface area contributed by atoms with E-state index < -0.39 is 0 Å². The number of hydrogen-bond acceptors (Lipinski definition) is 3. The van der Waals surface area contributed by atoms with Crippen LogP contribution in [-0.4, -0.2) is 43.6 Å². The molecule has 0 aliphatic carbocycles. The van der Waals surface area contributed by atoms with Crippen molar-refractivity contribution in [2.24, 2.45) is 5.92 Å². The van der Waals surface area contributed by atoms with Crippen molar-refractivity contribution in [2.45, 2.75) is 25.8 Å². The van der Waals surface area contributed by atoms with Gasteiger partial charge in [0.2, 0.25) is 5.91 Å². The molecule has 1 fully saturated rings. The van der Waals surface area contributed by atoms with Crippen LogP contribution in [0.1, 0.15) is 19.8 Å². The second-order valence-corrected chi connectivity index (χ2v) is 5.50. The second kappa shape index (κ2) is 8.90. The van der Waals surface area contributed by atoms with Crippen LogP contribution in [0, 0.1) is 5.92 Å². The summed E-state index contributed by atoms with van der Waals surface area (Å²) in [6.45, 7) is 4.24. The highest BCUT2D eigenvalue weighted by Gasteiger charge is 2.26. The van der Waals surface area contributed by atoms with E-state index in [1.54, 1.807) is 4.90 Å². The maximum Gasteiger partial charge on any atom is 0.225 e. The summed E-state index contributed by atoms with van der Waals surface area (Å²) in [5.41, 5.74) is 0. The zero-order valence-electron chi connectivity index (χ0n) is 12.7. The molecule has 2 rings (SSSR count). The minimum Gasteiger partial charge on any atom is -0.492 e. The summed E-state index contributed by atoms with van der Waals surface area (Å²) < 4.78 is 5.63. The summed E-state index contributed by atoms with van der Waals surface area (Å²) in [4.78, 5) is 14.1. The van der Waals surface area contributed by atoms with E-state index in [0.29, 0.717) is 19.2 Å². The number of halogens is 1. The number of ether oxygens (including phenoxy) is 1. The van der Waals surface area contributed by atoms with Gasteiger partial charge < -0.3 is 15.0 Å². The average molecular weight is 313 g/mol. The Morgan fingerprint density at radius 2 is 2.10 bits per heavy atom. The molecule has 1 N–H and O–H groups in total. The van der Waals surface area contributed by atoms with Crippen molar-refractivity contribution in [3.05, 3.63) is 30.3 Å². The Balaban J connectivity index is 0.00000220. The van der Waals surface area contributed by atoms with Gasteiger partial charge in [-0.25, -0.2) is 0 Å². The molecule has 4 nitrogen and oxygen atoms in total. The van der Waals surface area contributed by atoms with E-state index in [1.807, 2.05) is 37.4 Å². The van der Waals surface area contributed by atoms with Gasteiger partial charge in [0.15, 0.2) is 0 Å². The van der Waals surface area contributed by atoms with Crippen LogP contribution in [0.15, 0.2) is 30.3 Å². The number of benzene rings is 1. The van der Waals surface area contributed by atoms with Gasteiger partial charge in [-0.15, -0.1) is 12.4 Å². The molecule has 118 valence electrons. The summed E-state index contributed by atoms with van der Waals surface area (Å²) in [5.74, 6) is 1.26. The van der Waals surface area contributed by atoms with Crippen LogP contribution in [0.3, 0.4) is 0 Å². The van der Waals surface area contributed by atoms with E-state index in [-0.39, 0.29) is 24.2 Å². The van der Waals surface area contributed by atoms with Crippen LogP contribution in [0.5, 0.6) is 5.75 Å². The average Bonchev–Trinajstić information content (AvgIpc) is 2.47. The Morgan fingerprint density at radius 3 is 2.76 bits per heavy atom. The fourth-order valence-electron chi connectivity index (χ4n) is 2.60. The maximum atomic E-state index is 12.3.